The highest BCUT2D eigenvalue weighted by Crippen LogP contribution is 2.30. The smallest absolute Gasteiger partial charge is 0.261 e. The van der Waals surface area contributed by atoms with E-state index in [1.165, 1.54) is 4.90 Å². The van der Waals surface area contributed by atoms with Gasteiger partial charge in [-0.05, 0) is 65.9 Å². The molecule has 0 atom stereocenters. The maximum Gasteiger partial charge on any atom is 0.261 e. The fraction of sp³-hybridized carbons (Fsp3) is 0.136. The van der Waals surface area contributed by atoms with Crippen molar-refractivity contribution in [3.8, 4) is 6.07 Å². The van der Waals surface area contributed by atoms with Crippen LogP contribution >= 0.6 is 0 Å². The van der Waals surface area contributed by atoms with Crippen LogP contribution < -0.4 is 0 Å². The third kappa shape index (κ3) is 2.74. The van der Waals surface area contributed by atoms with Crippen LogP contribution in [0.4, 0.5) is 0 Å². The molecule has 0 aliphatic carbocycles. The van der Waals surface area contributed by atoms with Crippen LogP contribution in [0, 0.1) is 11.3 Å². The summed E-state index contributed by atoms with van der Waals surface area (Å²) in [5.41, 5.74) is 5.02. The van der Waals surface area contributed by atoms with Crippen molar-refractivity contribution in [1.29, 1.82) is 5.26 Å². The van der Waals surface area contributed by atoms with Crippen molar-refractivity contribution in [2.45, 2.75) is 20.4 Å². The van der Waals surface area contributed by atoms with Crippen LogP contribution in [-0.2, 0) is 6.54 Å². The molecule has 1 aliphatic heterocycles. The Morgan fingerprint density at radius 1 is 1.00 bits per heavy atom. The van der Waals surface area contributed by atoms with E-state index in [-0.39, 0.29) is 18.4 Å². The maximum atomic E-state index is 12.6. The molecule has 0 spiro atoms. The first-order valence-electron chi connectivity index (χ1n) is 8.19. The van der Waals surface area contributed by atoms with Gasteiger partial charge in [-0.3, -0.25) is 14.5 Å². The second kappa shape index (κ2) is 6.45. The molecule has 4 nitrogen and oxygen atoms in total. The summed E-state index contributed by atoms with van der Waals surface area (Å²) in [4.78, 5) is 26.4. The van der Waals surface area contributed by atoms with Crippen molar-refractivity contribution in [3.05, 3.63) is 82.9 Å². The summed E-state index contributed by atoms with van der Waals surface area (Å²) in [5.74, 6) is -0.604. The highest BCUT2D eigenvalue weighted by molar-refractivity contribution is 6.21. The molecule has 1 heterocycles. The number of hydrogen-bond donors (Lipinski definition) is 0. The Bertz CT molecular complexity index is 955. The van der Waals surface area contributed by atoms with Crippen molar-refractivity contribution < 1.29 is 9.59 Å². The third-order valence-corrected chi connectivity index (χ3v) is 4.45. The molecule has 4 heteroatoms. The van der Waals surface area contributed by atoms with Gasteiger partial charge in [-0.2, -0.15) is 5.26 Å². The zero-order valence-electron chi connectivity index (χ0n) is 14.8. The van der Waals surface area contributed by atoms with Crippen LogP contribution in [0.15, 0.2) is 49.6 Å². The first-order chi connectivity index (χ1) is 12.3. The van der Waals surface area contributed by atoms with Crippen molar-refractivity contribution in [3.63, 3.8) is 0 Å². The van der Waals surface area contributed by atoms with Gasteiger partial charge in [0.2, 0.25) is 0 Å². The van der Waals surface area contributed by atoms with Gasteiger partial charge in [0.1, 0.15) is 6.07 Å². The Morgan fingerprint density at radius 3 is 1.85 bits per heavy atom. The fourth-order valence-electron chi connectivity index (χ4n) is 3.15. The number of allylic oxidation sites excluding steroid dienone is 2. The highest BCUT2D eigenvalue weighted by Gasteiger charge is 2.35. The van der Waals surface area contributed by atoms with Gasteiger partial charge in [0.15, 0.2) is 0 Å². The first kappa shape index (κ1) is 17.4. The van der Waals surface area contributed by atoms with E-state index in [0.717, 1.165) is 16.7 Å². The number of amides is 2. The van der Waals surface area contributed by atoms with Gasteiger partial charge in [-0.15, -0.1) is 0 Å². The molecule has 0 N–H and O–H groups in total. The fourth-order valence-corrected chi connectivity index (χ4v) is 3.15. The molecule has 0 unspecified atom stereocenters. The predicted molar refractivity (Wildman–Crippen MR) is 101 cm³/mol. The standard InChI is InChI=1S/C22H18N2O2/c1-13(2)18-9-15(10-19(14(3)4)20(18)11-23)12-24-21(25)16-7-5-6-8-17(16)22(24)26/h5-10H,1,3,12H2,2,4H3. The second-order valence-corrected chi connectivity index (χ2v) is 6.48. The van der Waals surface area contributed by atoms with Gasteiger partial charge in [0.05, 0.1) is 23.2 Å². The van der Waals surface area contributed by atoms with Crippen molar-refractivity contribution >= 4 is 23.0 Å². The van der Waals surface area contributed by atoms with Crippen molar-refractivity contribution in [1.82, 2.24) is 4.90 Å². The average Bonchev–Trinajstić information content (AvgIpc) is 2.86. The number of hydrogen-bond acceptors (Lipinski definition) is 3. The van der Waals surface area contributed by atoms with E-state index >= 15 is 0 Å². The van der Waals surface area contributed by atoms with Gasteiger partial charge >= 0.3 is 0 Å². The SMILES string of the molecule is C=C(C)c1cc(CN2C(=O)c3ccccc3C2=O)cc(C(=C)C)c1C#N. The van der Waals surface area contributed by atoms with Crippen LogP contribution in [-0.4, -0.2) is 16.7 Å². The number of carbonyl (C=O) groups excluding carboxylic acids is 2. The molecule has 26 heavy (non-hydrogen) atoms. The third-order valence-electron chi connectivity index (χ3n) is 4.45. The van der Waals surface area contributed by atoms with Gasteiger partial charge < -0.3 is 0 Å². The van der Waals surface area contributed by atoms with E-state index in [1.54, 1.807) is 24.3 Å². The van der Waals surface area contributed by atoms with Crippen LogP contribution in [0.25, 0.3) is 11.1 Å². The van der Waals surface area contributed by atoms with Gasteiger partial charge in [0, 0.05) is 0 Å². The monoisotopic (exact) mass is 342 g/mol. The number of fused-ring (bicyclic) bond motifs is 1. The Labute approximate surface area is 152 Å². The summed E-state index contributed by atoms with van der Waals surface area (Å²) in [7, 11) is 0. The first-order valence-corrected chi connectivity index (χ1v) is 8.19. The lowest BCUT2D eigenvalue weighted by molar-refractivity contribution is 0.0642. The molecule has 0 saturated carbocycles. The number of rotatable bonds is 4. The molecule has 2 amide bonds. The lowest BCUT2D eigenvalue weighted by atomic mass is 9.91. The molecule has 0 aromatic heterocycles. The van der Waals surface area contributed by atoms with Crippen LogP contribution in [0.5, 0.6) is 0 Å². The minimum absolute atomic E-state index is 0.138. The molecule has 1 aliphatic rings. The average molecular weight is 342 g/mol. The molecular weight excluding hydrogens is 324 g/mol. The van der Waals surface area contributed by atoms with Crippen molar-refractivity contribution in [2.75, 3.05) is 0 Å². The van der Waals surface area contributed by atoms with Crippen molar-refractivity contribution in [2.24, 2.45) is 0 Å². The van der Waals surface area contributed by atoms with E-state index in [0.29, 0.717) is 27.8 Å². The summed E-state index contributed by atoms with van der Waals surface area (Å²) >= 11 is 0. The van der Waals surface area contributed by atoms with E-state index in [9.17, 15) is 14.9 Å². The molecule has 128 valence electrons. The Hall–Kier alpha value is -3.45. The number of nitriles is 1. The lowest BCUT2D eigenvalue weighted by Crippen LogP contribution is -2.29. The van der Waals surface area contributed by atoms with Crippen LogP contribution in [0.1, 0.15) is 56.8 Å². The molecular formula is C22H18N2O2. The summed E-state index contributed by atoms with van der Waals surface area (Å²) in [5, 5.41) is 9.52. The Morgan fingerprint density at radius 2 is 1.46 bits per heavy atom. The molecule has 0 bridgehead atoms. The lowest BCUT2D eigenvalue weighted by Gasteiger charge is -2.17. The Balaban J connectivity index is 2.06. The maximum absolute atomic E-state index is 12.6. The van der Waals surface area contributed by atoms with Crippen LogP contribution in [0.2, 0.25) is 0 Å². The normalized spacial score (nSPS) is 12.7. The zero-order chi connectivity index (χ0) is 19.0. The molecule has 0 fully saturated rings. The second-order valence-electron chi connectivity index (χ2n) is 6.48. The van der Waals surface area contributed by atoms with Gasteiger partial charge in [-0.1, -0.05) is 25.3 Å². The van der Waals surface area contributed by atoms with E-state index in [2.05, 4.69) is 19.2 Å². The number of benzene rings is 2. The summed E-state index contributed by atoms with van der Waals surface area (Å²) in [6.07, 6.45) is 0. The Kier molecular flexibility index (Phi) is 4.31. The topological polar surface area (TPSA) is 61.2 Å². The molecule has 2 aromatic carbocycles. The summed E-state index contributed by atoms with van der Waals surface area (Å²) < 4.78 is 0. The zero-order valence-corrected chi connectivity index (χ0v) is 14.8. The van der Waals surface area contributed by atoms with Gasteiger partial charge in [0.25, 0.3) is 11.8 Å². The number of nitrogens with zero attached hydrogens (tertiary/aromatic N) is 2. The highest BCUT2D eigenvalue weighted by atomic mass is 16.2. The van der Waals surface area contributed by atoms with E-state index in [1.807, 2.05) is 26.0 Å². The summed E-state index contributed by atoms with van der Waals surface area (Å²) in [6.45, 7) is 11.7. The quantitative estimate of drug-likeness (QED) is 0.773. The van der Waals surface area contributed by atoms with E-state index in [4.69, 9.17) is 0 Å². The minimum atomic E-state index is -0.302. The predicted octanol–water partition coefficient (Wildman–Crippen LogP) is 4.42. The van der Waals surface area contributed by atoms with Gasteiger partial charge in [-0.25, -0.2) is 0 Å². The molecule has 3 rings (SSSR count). The molecule has 0 radical (unpaired) electrons. The molecule has 0 saturated heterocycles. The van der Waals surface area contributed by atoms with Crippen LogP contribution in [0.3, 0.4) is 0 Å². The number of imide groups is 1. The largest absolute Gasteiger partial charge is 0.270 e. The number of carbonyl (C=O) groups is 2. The molecule has 2 aromatic rings. The summed E-state index contributed by atoms with van der Waals surface area (Å²) in [6, 6.07) is 12.6. The van der Waals surface area contributed by atoms with E-state index < -0.39 is 0 Å². The minimum Gasteiger partial charge on any atom is -0.270 e.